The zero-order valence-electron chi connectivity index (χ0n) is 13.6. The van der Waals surface area contributed by atoms with Crippen LogP contribution >= 0.6 is 0 Å². The number of amides is 1. The number of hydrogen-bond donors (Lipinski definition) is 2. The number of nitrogens with one attached hydrogen (secondary N) is 1. The lowest BCUT2D eigenvalue weighted by atomic mass is 9.88. The molecule has 126 valence electrons. The molecule has 2 N–H and O–H groups in total. The third-order valence-corrected chi connectivity index (χ3v) is 3.61. The monoisotopic (exact) mass is 323 g/mol. The fourth-order valence-electron chi connectivity index (χ4n) is 2.59. The molecule has 0 bridgehead atoms. The molecule has 2 rings (SSSR count). The van der Waals surface area contributed by atoms with Crippen molar-refractivity contribution in [3.05, 3.63) is 35.1 Å². The van der Waals surface area contributed by atoms with Gasteiger partial charge in [-0.05, 0) is 51.3 Å². The van der Waals surface area contributed by atoms with Crippen LogP contribution in [0.15, 0.2) is 18.2 Å². The molecule has 1 aliphatic rings. The summed E-state index contributed by atoms with van der Waals surface area (Å²) in [5.41, 5.74) is -0.134. The number of carboxylic acid groups (broad SMARTS) is 1. The fourth-order valence-corrected chi connectivity index (χ4v) is 2.59. The van der Waals surface area contributed by atoms with Crippen molar-refractivity contribution in [1.82, 2.24) is 5.32 Å². The van der Waals surface area contributed by atoms with E-state index in [1.807, 2.05) is 20.8 Å². The normalized spacial score (nSPS) is 20.7. The molecule has 0 saturated heterocycles. The van der Waals surface area contributed by atoms with Gasteiger partial charge in [0.2, 0.25) is 5.91 Å². The Morgan fingerprint density at radius 2 is 2.00 bits per heavy atom. The molecule has 0 spiro atoms. The minimum absolute atomic E-state index is 0.0259. The summed E-state index contributed by atoms with van der Waals surface area (Å²) in [6, 6.07) is 3.81. The first-order valence-corrected chi connectivity index (χ1v) is 7.63. The van der Waals surface area contributed by atoms with Crippen molar-refractivity contribution in [1.29, 1.82) is 0 Å². The van der Waals surface area contributed by atoms with Gasteiger partial charge in [-0.3, -0.25) is 4.79 Å². The van der Waals surface area contributed by atoms with Gasteiger partial charge in [-0.15, -0.1) is 0 Å². The Morgan fingerprint density at radius 1 is 1.35 bits per heavy atom. The summed E-state index contributed by atoms with van der Waals surface area (Å²) in [6.07, 6.45) is 1.73. The maximum absolute atomic E-state index is 13.6. The molecule has 0 atom stereocenters. The zero-order valence-corrected chi connectivity index (χ0v) is 13.6. The number of carbonyl (C=O) groups excluding carboxylic acids is 1. The maximum Gasteiger partial charge on any atom is 0.338 e. The third kappa shape index (κ3) is 5.03. The predicted octanol–water partition coefficient (Wildman–Crippen LogP) is 2.53. The van der Waals surface area contributed by atoms with Crippen LogP contribution in [0.4, 0.5) is 4.39 Å². The van der Waals surface area contributed by atoms with Crippen LogP contribution in [-0.2, 0) is 16.0 Å². The van der Waals surface area contributed by atoms with Crippen molar-refractivity contribution in [2.24, 2.45) is 0 Å². The molecule has 1 aromatic carbocycles. The molecule has 23 heavy (non-hydrogen) atoms. The van der Waals surface area contributed by atoms with E-state index in [2.05, 4.69) is 5.32 Å². The van der Waals surface area contributed by atoms with Crippen molar-refractivity contribution in [3.8, 4) is 0 Å². The fraction of sp³-hybridized carbons (Fsp3) is 0.529. The van der Waals surface area contributed by atoms with E-state index in [4.69, 9.17) is 9.84 Å². The first-order chi connectivity index (χ1) is 10.6. The number of carboxylic acids is 1. The summed E-state index contributed by atoms with van der Waals surface area (Å²) < 4.78 is 19.4. The van der Waals surface area contributed by atoms with E-state index in [0.717, 1.165) is 18.9 Å². The summed E-state index contributed by atoms with van der Waals surface area (Å²) in [7, 11) is 0. The lowest BCUT2D eigenvalue weighted by Gasteiger charge is -2.39. The van der Waals surface area contributed by atoms with E-state index in [0.29, 0.717) is 5.56 Å². The van der Waals surface area contributed by atoms with Gasteiger partial charge >= 0.3 is 5.97 Å². The quantitative estimate of drug-likeness (QED) is 0.873. The van der Waals surface area contributed by atoms with Gasteiger partial charge in [0.05, 0.1) is 23.7 Å². The average Bonchev–Trinajstić information content (AvgIpc) is 2.34. The second kappa shape index (κ2) is 6.66. The first kappa shape index (κ1) is 17.4. The van der Waals surface area contributed by atoms with Crippen LogP contribution in [0, 0.1) is 5.82 Å². The number of benzene rings is 1. The maximum atomic E-state index is 13.6. The Morgan fingerprint density at radius 3 is 2.52 bits per heavy atom. The predicted molar refractivity (Wildman–Crippen MR) is 82.9 cm³/mol. The molecule has 1 amide bonds. The molecule has 1 saturated carbocycles. The lowest BCUT2D eigenvalue weighted by Crippen LogP contribution is -2.50. The average molecular weight is 323 g/mol. The number of ether oxygens (including phenoxy) is 1. The molecule has 1 aromatic rings. The van der Waals surface area contributed by atoms with E-state index in [9.17, 15) is 14.0 Å². The number of rotatable bonds is 5. The van der Waals surface area contributed by atoms with Crippen LogP contribution in [0.2, 0.25) is 0 Å². The van der Waals surface area contributed by atoms with Gasteiger partial charge in [-0.2, -0.15) is 0 Å². The second-order valence-corrected chi connectivity index (χ2v) is 6.88. The summed E-state index contributed by atoms with van der Waals surface area (Å²) in [5.74, 6) is -2.35. The van der Waals surface area contributed by atoms with E-state index in [1.165, 1.54) is 12.1 Å². The number of hydrogen-bond acceptors (Lipinski definition) is 3. The minimum Gasteiger partial charge on any atom is -0.478 e. The molecule has 6 heteroatoms. The number of halogens is 1. The summed E-state index contributed by atoms with van der Waals surface area (Å²) in [6.45, 7) is 5.98. The van der Waals surface area contributed by atoms with Gasteiger partial charge in [-0.1, -0.05) is 6.07 Å². The lowest BCUT2D eigenvalue weighted by molar-refractivity contribution is -0.127. The second-order valence-electron chi connectivity index (χ2n) is 6.88. The highest BCUT2D eigenvalue weighted by Gasteiger charge is 2.33. The van der Waals surface area contributed by atoms with Gasteiger partial charge in [-0.25, -0.2) is 9.18 Å². The Balaban J connectivity index is 1.80. The summed E-state index contributed by atoms with van der Waals surface area (Å²) in [5, 5.41) is 11.7. The molecule has 1 aliphatic carbocycles. The SMILES string of the molecule is CC(C)(C)OC1CC(NC(=O)Cc2ccc(C(=O)O)c(F)c2)C1. The van der Waals surface area contributed by atoms with Crippen LogP contribution in [0.25, 0.3) is 0 Å². The third-order valence-electron chi connectivity index (χ3n) is 3.61. The molecule has 0 radical (unpaired) electrons. The highest BCUT2D eigenvalue weighted by Crippen LogP contribution is 2.27. The van der Waals surface area contributed by atoms with Gasteiger partial charge in [0, 0.05) is 6.04 Å². The van der Waals surface area contributed by atoms with Gasteiger partial charge in [0.15, 0.2) is 0 Å². The van der Waals surface area contributed by atoms with Crippen LogP contribution in [-0.4, -0.2) is 34.7 Å². The highest BCUT2D eigenvalue weighted by molar-refractivity contribution is 5.88. The van der Waals surface area contributed by atoms with Gasteiger partial charge < -0.3 is 15.2 Å². The summed E-state index contributed by atoms with van der Waals surface area (Å²) >= 11 is 0. The van der Waals surface area contributed by atoms with Crippen molar-refractivity contribution >= 4 is 11.9 Å². The molecule has 0 aliphatic heterocycles. The molecule has 5 nitrogen and oxygen atoms in total. The Bertz CT molecular complexity index is 603. The van der Waals surface area contributed by atoms with E-state index < -0.39 is 17.3 Å². The van der Waals surface area contributed by atoms with Crippen LogP contribution in [0.1, 0.15) is 49.5 Å². The standard InChI is InChI=1S/C17H22FNO4/c1-17(2,3)23-12-8-11(9-12)19-15(20)7-10-4-5-13(16(21)22)14(18)6-10/h4-6,11-12H,7-9H2,1-3H3,(H,19,20)(H,21,22). The van der Waals surface area contributed by atoms with E-state index >= 15 is 0 Å². The zero-order chi connectivity index (χ0) is 17.2. The number of carbonyl (C=O) groups is 2. The van der Waals surface area contributed by atoms with Crippen molar-refractivity contribution in [2.75, 3.05) is 0 Å². The summed E-state index contributed by atoms with van der Waals surface area (Å²) in [4.78, 5) is 22.7. The topological polar surface area (TPSA) is 75.6 Å². The van der Waals surface area contributed by atoms with Crippen LogP contribution in [0.3, 0.4) is 0 Å². The van der Waals surface area contributed by atoms with Crippen LogP contribution in [0.5, 0.6) is 0 Å². The Hall–Kier alpha value is -1.95. The first-order valence-electron chi connectivity index (χ1n) is 7.63. The molecule has 0 aromatic heterocycles. The minimum atomic E-state index is -1.32. The Labute approximate surface area is 134 Å². The van der Waals surface area contributed by atoms with Gasteiger partial charge in [0.25, 0.3) is 0 Å². The molecular formula is C17H22FNO4. The molecule has 0 heterocycles. The van der Waals surface area contributed by atoms with E-state index in [1.54, 1.807) is 0 Å². The van der Waals surface area contributed by atoms with Gasteiger partial charge in [0.1, 0.15) is 5.82 Å². The number of aromatic carboxylic acids is 1. The largest absolute Gasteiger partial charge is 0.478 e. The molecule has 1 fully saturated rings. The smallest absolute Gasteiger partial charge is 0.338 e. The van der Waals surface area contributed by atoms with E-state index in [-0.39, 0.29) is 30.1 Å². The molecular weight excluding hydrogens is 301 g/mol. The highest BCUT2D eigenvalue weighted by atomic mass is 19.1. The Kier molecular flexibility index (Phi) is 5.04. The van der Waals surface area contributed by atoms with Crippen molar-refractivity contribution in [3.63, 3.8) is 0 Å². The molecule has 0 unspecified atom stereocenters. The van der Waals surface area contributed by atoms with Crippen LogP contribution < -0.4 is 5.32 Å². The van der Waals surface area contributed by atoms with Crippen molar-refractivity contribution in [2.45, 2.75) is 57.8 Å². The van der Waals surface area contributed by atoms with Crippen molar-refractivity contribution < 1.29 is 23.8 Å².